The number of ether oxygens (including phenoxy) is 3. The van der Waals surface area contributed by atoms with Crippen molar-refractivity contribution in [2.75, 3.05) is 20.8 Å². The fourth-order valence-corrected chi connectivity index (χ4v) is 9.19. The third-order valence-corrected chi connectivity index (χ3v) is 12.2. The molecular weight excluding hydrogens is 546 g/mol. The van der Waals surface area contributed by atoms with Gasteiger partial charge in [-0.2, -0.15) is 8.42 Å². The highest BCUT2D eigenvalue weighted by Gasteiger charge is 2.68. The average molecular weight is 592 g/mol. The Kier molecular flexibility index (Phi) is 9.10. The van der Waals surface area contributed by atoms with Gasteiger partial charge in [0.05, 0.1) is 16.6 Å². The maximum atomic E-state index is 13.4. The van der Waals surface area contributed by atoms with Gasteiger partial charge in [0, 0.05) is 44.6 Å². The number of carbonyl (C=O) groups excluding carboxylic acids is 1. The van der Waals surface area contributed by atoms with Gasteiger partial charge in [0.25, 0.3) is 10.1 Å². The van der Waals surface area contributed by atoms with Crippen molar-refractivity contribution in [3.63, 3.8) is 0 Å². The monoisotopic (exact) mass is 591 g/mol. The van der Waals surface area contributed by atoms with Crippen LogP contribution in [0.2, 0.25) is 0 Å². The van der Waals surface area contributed by atoms with E-state index in [4.69, 9.17) is 18.4 Å². The van der Waals surface area contributed by atoms with Crippen molar-refractivity contribution in [3.05, 3.63) is 42.0 Å². The van der Waals surface area contributed by atoms with Gasteiger partial charge in [-0.05, 0) is 67.6 Å². The Morgan fingerprint density at radius 3 is 2.44 bits per heavy atom. The molecule has 3 aliphatic carbocycles. The molecule has 1 aromatic rings. The largest absolute Gasteiger partial charge is 0.460 e. The topological polar surface area (TPSA) is 121 Å². The van der Waals surface area contributed by atoms with Crippen LogP contribution in [0.25, 0.3) is 0 Å². The molecule has 0 aliphatic heterocycles. The van der Waals surface area contributed by atoms with Gasteiger partial charge in [-0.25, -0.2) is 4.79 Å². The standard InChI is InChI=1S/C31H45NO8S/c1-20-8-10-24(11-9-20)41(35,36)39-19-27(33)40-26-18-31(38-7,16-17-32-34)23(4)22(3)30-14-12-21(2)29(26,5)28(30)25(37-6)13-15-30/h8-11,17,21-22,25-26,28,34H,4,12-16,18-19H2,1-3,5-7H3/b32-17+/t21-,22+,25?,26-,28+,29+,30+,31-/m1/s1. The Balaban J connectivity index is 1.72. The number of oxime groups is 1. The molecular formula is C31H45NO8S. The summed E-state index contributed by atoms with van der Waals surface area (Å²) in [7, 11) is -0.812. The molecule has 4 rings (SSSR count). The molecule has 10 heteroatoms. The van der Waals surface area contributed by atoms with Crippen LogP contribution in [0, 0.1) is 35.5 Å². The number of hydrogen-bond acceptors (Lipinski definition) is 9. The summed E-state index contributed by atoms with van der Waals surface area (Å²) in [6.45, 7) is 12.2. The van der Waals surface area contributed by atoms with Crippen LogP contribution in [-0.2, 0) is 33.3 Å². The maximum Gasteiger partial charge on any atom is 0.333 e. The van der Waals surface area contributed by atoms with Crippen molar-refractivity contribution in [3.8, 4) is 0 Å². The number of rotatable bonds is 9. The number of nitrogens with zero attached hydrogens (tertiary/aromatic N) is 1. The fraction of sp³-hybridized carbons (Fsp3) is 0.677. The van der Waals surface area contributed by atoms with Crippen LogP contribution in [0.4, 0.5) is 0 Å². The molecule has 1 aromatic carbocycles. The molecule has 2 bridgehead atoms. The third-order valence-electron chi connectivity index (χ3n) is 11.0. The predicted molar refractivity (Wildman–Crippen MR) is 154 cm³/mol. The van der Waals surface area contributed by atoms with Gasteiger partial charge < -0.3 is 19.4 Å². The number of methoxy groups -OCH3 is 2. The first-order valence-electron chi connectivity index (χ1n) is 14.4. The Hall–Kier alpha value is -2.27. The molecule has 0 heterocycles. The minimum Gasteiger partial charge on any atom is -0.460 e. The van der Waals surface area contributed by atoms with Crippen LogP contribution < -0.4 is 0 Å². The van der Waals surface area contributed by atoms with E-state index < -0.39 is 39.8 Å². The van der Waals surface area contributed by atoms with Gasteiger partial charge in [-0.3, -0.25) is 4.18 Å². The van der Waals surface area contributed by atoms with Gasteiger partial charge in [-0.1, -0.05) is 45.0 Å². The zero-order chi connectivity index (χ0) is 30.2. The quantitative estimate of drug-likeness (QED) is 0.103. The molecule has 0 spiro atoms. The molecule has 9 nitrogen and oxygen atoms in total. The van der Waals surface area contributed by atoms with Crippen LogP contribution in [0.15, 0.2) is 46.5 Å². The van der Waals surface area contributed by atoms with Crippen LogP contribution in [-0.4, -0.2) is 64.4 Å². The summed E-state index contributed by atoms with van der Waals surface area (Å²) in [4.78, 5) is 13.4. The van der Waals surface area contributed by atoms with Crippen LogP contribution in [0.3, 0.4) is 0 Å². The van der Waals surface area contributed by atoms with E-state index in [0.717, 1.165) is 36.8 Å². The van der Waals surface area contributed by atoms with Crippen LogP contribution >= 0.6 is 0 Å². The van der Waals surface area contributed by atoms with Gasteiger partial charge in [-0.15, -0.1) is 5.16 Å². The van der Waals surface area contributed by atoms with E-state index in [1.54, 1.807) is 26.4 Å². The van der Waals surface area contributed by atoms with Gasteiger partial charge in [0.2, 0.25) is 0 Å². The SMILES string of the molecule is C=C1[C@H](C)[C@]23CCC(OC)[C@H]2[C@@](C)([C@H](C)CC3)[C@H](OC(=O)COS(=O)(=O)c2ccc(C)cc2)C[C@@]1(C/C=N/O)OC. The Labute approximate surface area is 244 Å². The fourth-order valence-electron chi connectivity index (χ4n) is 8.33. The van der Waals surface area contributed by atoms with Crippen molar-refractivity contribution in [2.45, 2.75) is 88.9 Å². The lowest BCUT2D eigenvalue weighted by atomic mass is 9.44. The summed E-state index contributed by atoms with van der Waals surface area (Å²) >= 11 is 0. The summed E-state index contributed by atoms with van der Waals surface area (Å²) < 4.78 is 49.3. The summed E-state index contributed by atoms with van der Waals surface area (Å²) in [6, 6.07) is 6.23. The highest BCUT2D eigenvalue weighted by Crippen LogP contribution is 2.69. The molecule has 3 aliphatic rings. The van der Waals surface area contributed by atoms with Crippen molar-refractivity contribution >= 4 is 22.3 Å². The molecule has 8 atom stereocenters. The Morgan fingerprint density at radius 2 is 1.83 bits per heavy atom. The van der Waals surface area contributed by atoms with E-state index in [2.05, 4.69) is 32.5 Å². The minimum atomic E-state index is -4.16. The number of carbonyl (C=O) groups is 1. The van der Waals surface area contributed by atoms with E-state index in [0.29, 0.717) is 0 Å². The lowest BCUT2D eigenvalue weighted by Crippen LogP contribution is -2.63. The first-order valence-corrected chi connectivity index (χ1v) is 15.8. The molecule has 0 aromatic heterocycles. The summed E-state index contributed by atoms with van der Waals surface area (Å²) in [5.41, 5.74) is 0.152. The summed E-state index contributed by atoms with van der Waals surface area (Å²) in [5, 5.41) is 12.6. The second kappa shape index (κ2) is 11.8. The van der Waals surface area contributed by atoms with Gasteiger partial charge >= 0.3 is 5.97 Å². The van der Waals surface area contributed by atoms with E-state index >= 15 is 0 Å². The van der Waals surface area contributed by atoms with Crippen LogP contribution in [0.1, 0.15) is 64.9 Å². The van der Waals surface area contributed by atoms with Crippen molar-refractivity contribution < 1.29 is 36.8 Å². The second-order valence-electron chi connectivity index (χ2n) is 12.5. The second-order valence-corrected chi connectivity index (χ2v) is 14.1. The first kappa shape index (κ1) is 31.7. The zero-order valence-electron chi connectivity index (χ0n) is 25.1. The first-order chi connectivity index (χ1) is 19.3. The third kappa shape index (κ3) is 5.37. The number of hydrogen-bond donors (Lipinski definition) is 1. The van der Waals surface area contributed by atoms with E-state index in [1.807, 2.05) is 6.92 Å². The number of esters is 1. The normalized spacial score (nSPS) is 37.4. The number of benzene rings is 1. The minimum absolute atomic E-state index is 0.0218. The Morgan fingerprint density at radius 1 is 1.17 bits per heavy atom. The van der Waals surface area contributed by atoms with Crippen molar-refractivity contribution in [1.29, 1.82) is 0 Å². The molecule has 1 N–H and O–H groups in total. The molecule has 1 unspecified atom stereocenters. The lowest BCUT2D eigenvalue weighted by Gasteiger charge is -2.63. The van der Waals surface area contributed by atoms with Crippen molar-refractivity contribution in [1.82, 2.24) is 0 Å². The average Bonchev–Trinajstić information content (AvgIpc) is 3.35. The molecule has 3 saturated carbocycles. The van der Waals surface area contributed by atoms with E-state index in [1.165, 1.54) is 18.3 Å². The van der Waals surface area contributed by atoms with E-state index in [-0.39, 0.29) is 47.0 Å². The van der Waals surface area contributed by atoms with Gasteiger partial charge in [0.1, 0.15) is 6.10 Å². The predicted octanol–water partition coefficient (Wildman–Crippen LogP) is 5.29. The van der Waals surface area contributed by atoms with Gasteiger partial charge in [0.15, 0.2) is 6.61 Å². The molecule has 3 fully saturated rings. The molecule has 41 heavy (non-hydrogen) atoms. The Bertz CT molecular complexity index is 1260. The molecule has 228 valence electrons. The zero-order valence-corrected chi connectivity index (χ0v) is 25.9. The van der Waals surface area contributed by atoms with Crippen LogP contribution in [0.5, 0.6) is 0 Å². The lowest BCUT2D eigenvalue weighted by molar-refractivity contribution is -0.208. The van der Waals surface area contributed by atoms with Crippen molar-refractivity contribution in [2.24, 2.45) is 33.7 Å². The molecule has 0 amide bonds. The summed E-state index contributed by atoms with van der Waals surface area (Å²) in [6.07, 6.45) is 4.98. The molecule has 0 saturated heterocycles. The summed E-state index contributed by atoms with van der Waals surface area (Å²) in [5.74, 6) is -0.452. The highest BCUT2D eigenvalue weighted by atomic mass is 32.2. The maximum absolute atomic E-state index is 13.4. The molecule has 0 radical (unpaired) electrons. The smallest absolute Gasteiger partial charge is 0.333 e. The van der Waals surface area contributed by atoms with E-state index in [9.17, 15) is 18.4 Å². The number of aryl methyl sites for hydroxylation is 1. The highest BCUT2D eigenvalue weighted by molar-refractivity contribution is 7.86.